The molecule has 3 nitrogen and oxygen atoms in total. The molecule has 0 aliphatic heterocycles. The summed E-state index contributed by atoms with van der Waals surface area (Å²) in [6.45, 7) is 6.17. The van der Waals surface area contributed by atoms with Crippen LogP contribution in [0.2, 0.25) is 0 Å². The quantitative estimate of drug-likeness (QED) is 0.746. The fourth-order valence-corrected chi connectivity index (χ4v) is 1.04. The van der Waals surface area contributed by atoms with Crippen LogP contribution in [0.15, 0.2) is 23.0 Å². The maximum absolute atomic E-state index is 9.48. The van der Waals surface area contributed by atoms with E-state index in [0.717, 1.165) is 5.56 Å². The average Bonchev–Trinajstić information content (AvgIpc) is 2.50. The van der Waals surface area contributed by atoms with Gasteiger partial charge in [-0.3, -0.25) is 0 Å². The van der Waals surface area contributed by atoms with Gasteiger partial charge in [0.25, 0.3) is 0 Å². The first-order valence-electron chi connectivity index (χ1n) is 4.47. The van der Waals surface area contributed by atoms with Crippen LogP contribution in [0, 0.1) is 0 Å². The standard InChI is InChI=1S/C10H17NO2/c1-8(9-4-5-13-6-9)11-7-10(2,3)12/h4-6,8,11-12H,7H2,1-3H3. The summed E-state index contributed by atoms with van der Waals surface area (Å²) in [6.07, 6.45) is 3.36. The van der Waals surface area contributed by atoms with Crippen LogP contribution in [-0.2, 0) is 0 Å². The molecule has 1 atom stereocenters. The van der Waals surface area contributed by atoms with Crippen LogP contribution in [0.3, 0.4) is 0 Å². The minimum absolute atomic E-state index is 0.213. The Bertz CT molecular complexity index is 236. The lowest BCUT2D eigenvalue weighted by molar-refractivity contribution is 0.0770. The van der Waals surface area contributed by atoms with Crippen LogP contribution in [0.25, 0.3) is 0 Å². The van der Waals surface area contributed by atoms with Crippen molar-refractivity contribution in [2.45, 2.75) is 32.4 Å². The molecule has 1 aromatic heterocycles. The molecule has 74 valence electrons. The third-order valence-corrected chi connectivity index (χ3v) is 1.88. The van der Waals surface area contributed by atoms with Crippen molar-refractivity contribution >= 4 is 0 Å². The third kappa shape index (κ3) is 3.61. The Hall–Kier alpha value is -0.800. The fourth-order valence-electron chi connectivity index (χ4n) is 1.04. The molecule has 13 heavy (non-hydrogen) atoms. The van der Waals surface area contributed by atoms with Crippen molar-refractivity contribution in [3.05, 3.63) is 24.2 Å². The van der Waals surface area contributed by atoms with E-state index in [1.54, 1.807) is 26.4 Å². The second kappa shape index (κ2) is 3.94. The van der Waals surface area contributed by atoms with Crippen LogP contribution >= 0.6 is 0 Å². The molecule has 1 aromatic rings. The second-order valence-corrected chi connectivity index (χ2v) is 3.97. The maximum Gasteiger partial charge on any atom is 0.0950 e. The van der Waals surface area contributed by atoms with Crippen molar-refractivity contribution in [1.29, 1.82) is 0 Å². The number of hydrogen-bond donors (Lipinski definition) is 2. The van der Waals surface area contributed by atoms with Crippen molar-refractivity contribution < 1.29 is 9.52 Å². The minimum atomic E-state index is -0.669. The van der Waals surface area contributed by atoms with Crippen LogP contribution in [0.4, 0.5) is 0 Å². The Balaban J connectivity index is 2.39. The summed E-state index contributed by atoms with van der Waals surface area (Å²) in [5.41, 5.74) is 0.433. The molecule has 0 radical (unpaired) electrons. The van der Waals surface area contributed by atoms with E-state index in [1.165, 1.54) is 0 Å². The molecule has 1 unspecified atom stereocenters. The monoisotopic (exact) mass is 183 g/mol. The number of nitrogens with one attached hydrogen (secondary N) is 1. The highest BCUT2D eigenvalue weighted by Crippen LogP contribution is 2.12. The van der Waals surface area contributed by atoms with Crippen LogP contribution < -0.4 is 5.32 Å². The van der Waals surface area contributed by atoms with E-state index in [-0.39, 0.29) is 6.04 Å². The molecule has 2 N–H and O–H groups in total. The van der Waals surface area contributed by atoms with Crippen LogP contribution in [-0.4, -0.2) is 17.3 Å². The number of rotatable bonds is 4. The predicted molar refractivity (Wildman–Crippen MR) is 51.4 cm³/mol. The first-order valence-corrected chi connectivity index (χ1v) is 4.47. The minimum Gasteiger partial charge on any atom is -0.472 e. The number of furan rings is 1. The highest BCUT2D eigenvalue weighted by Gasteiger charge is 2.14. The lowest BCUT2D eigenvalue weighted by Gasteiger charge is -2.20. The molecule has 1 heterocycles. The molecule has 0 spiro atoms. The predicted octanol–water partition coefficient (Wildman–Crippen LogP) is 1.70. The molecular weight excluding hydrogens is 166 g/mol. The summed E-state index contributed by atoms with van der Waals surface area (Å²) in [5.74, 6) is 0. The van der Waals surface area contributed by atoms with Gasteiger partial charge >= 0.3 is 0 Å². The van der Waals surface area contributed by atoms with Gasteiger partial charge in [0.05, 0.1) is 18.1 Å². The van der Waals surface area contributed by atoms with Crippen molar-refractivity contribution in [3.63, 3.8) is 0 Å². The van der Waals surface area contributed by atoms with Gasteiger partial charge in [0.2, 0.25) is 0 Å². The first kappa shape index (κ1) is 10.3. The largest absolute Gasteiger partial charge is 0.472 e. The zero-order valence-electron chi connectivity index (χ0n) is 8.37. The zero-order chi connectivity index (χ0) is 9.90. The van der Waals surface area contributed by atoms with Gasteiger partial charge in [-0.2, -0.15) is 0 Å². The van der Waals surface area contributed by atoms with Crippen molar-refractivity contribution in [2.75, 3.05) is 6.54 Å². The average molecular weight is 183 g/mol. The molecule has 0 bridgehead atoms. The van der Waals surface area contributed by atoms with Crippen LogP contribution in [0.1, 0.15) is 32.4 Å². The van der Waals surface area contributed by atoms with Gasteiger partial charge in [-0.05, 0) is 26.8 Å². The molecule has 0 amide bonds. The Labute approximate surface area is 78.8 Å². The summed E-state index contributed by atoms with van der Waals surface area (Å²) in [7, 11) is 0. The topological polar surface area (TPSA) is 45.4 Å². The summed E-state index contributed by atoms with van der Waals surface area (Å²) < 4.78 is 4.97. The van der Waals surface area contributed by atoms with E-state index in [2.05, 4.69) is 5.32 Å². The van der Waals surface area contributed by atoms with Gasteiger partial charge in [0, 0.05) is 18.2 Å². The van der Waals surface area contributed by atoms with E-state index in [4.69, 9.17) is 4.42 Å². The van der Waals surface area contributed by atoms with Gasteiger partial charge in [0.1, 0.15) is 0 Å². The highest BCUT2D eigenvalue weighted by molar-refractivity contribution is 5.10. The highest BCUT2D eigenvalue weighted by atomic mass is 16.3. The van der Waals surface area contributed by atoms with Crippen LogP contribution in [0.5, 0.6) is 0 Å². The summed E-state index contributed by atoms with van der Waals surface area (Å²) in [5, 5.41) is 12.7. The fraction of sp³-hybridized carbons (Fsp3) is 0.600. The van der Waals surface area contributed by atoms with Gasteiger partial charge in [-0.15, -0.1) is 0 Å². The van der Waals surface area contributed by atoms with Crippen molar-refractivity contribution in [1.82, 2.24) is 5.32 Å². The smallest absolute Gasteiger partial charge is 0.0950 e. The number of aliphatic hydroxyl groups is 1. The van der Waals surface area contributed by atoms with E-state index in [9.17, 15) is 5.11 Å². The zero-order valence-corrected chi connectivity index (χ0v) is 8.37. The van der Waals surface area contributed by atoms with Crippen molar-refractivity contribution in [2.24, 2.45) is 0 Å². The summed E-state index contributed by atoms with van der Waals surface area (Å²) in [4.78, 5) is 0. The second-order valence-electron chi connectivity index (χ2n) is 3.97. The molecule has 0 saturated heterocycles. The molecule has 0 saturated carbocycles. The molecular formula is C10H17NO2. The number of hydrogen-bond acceptors (Lipinski definition) is 3. The van der Waals surface area contributed by atoms with Gasteiger partial charge in [-0.25, -0.2) is 0 Å². The lowest BCUT2D eigenvalue weighted by Crippen LogP contribution is -2.35. The molecule has 0 fully saturated rings. The molecule has 0 aromatic carbocycles. The van der Waals surface area contributed by atoms with Crippen molar-refractivity contribution in [3.8, 4) is 0 Å². The summed E-state index contributed by atoms with van der Waals surface area (Å²) in [6, 6.07) is 2.13. The molecule has 3 heteroatoms. The maximum atomic E-state index is 9.48. The normalized spacial score (nSPS) is 14.5. The first-order chi connectivity index (χ1) is 5.99. The Kier molecular flexibility index (Phi) is 3.12. The van der Waals surface area contributed by atoms with E-state index in [0.29, 0.717) is 6.54 Å². The molecule has 0 aliphatic rings. The SMILES string of the molecule is CC(NCC(C)(C)O)c1ccoc1. The Morgan fingerprint density at radius 1 is 1.62 bits per heavy atom. The molecule has 1 rings (SSSR count). The summed E-state index contributed by atoms with van der Waals surface area (Å²) >= 11 is 0. The Morgan fingerprint density at radius 2 is 2.31 bits per heavy atom. The van der Waals surface area contributed by atoms with Gasteiger partial charge in [0.15, 0.2) is 0 Å². The molecule has 0 aliphatic carbocycles. The van der Waals surface area contributed by atoms with E-state index < -0.39 is 5.60 Å². The van der Waals surface area contributed by atoms with Gasteiger partial charge < -0.3 is 14.8 Å². The van der Waals surface area contributed by atoms with E-state index in [1.807, 2.05) is 13.0 Å². The van der Waals surface area contributed by atoms with E-state index >= 15 is 0 Å². The lowest BCUT2D eigenvalue weighted by atomic mass is 10.1. The van der Waals surface area contributed by atoms with Gasteiger partial charge in [-0.1, -0.05) is 0 Å². The Morgan fingerprint density at radius 3 is 2.77 bits per heavy atom. The third-order valence-electron chi connectivity index (χ3n) is 1.88.